The first-order valence-electron chi connectivity index (χ1n) is 9.75. The van der Waals surface area contributed by atoms with E-state index in [1.807, 2.05) is 0 Å². The minimum absolute atomic E-state index is 0.197. The molecule has 0 rings (SSSR count). The molecule has 8 nitrogen and oxygen atoms in total. The predicted molar refractivity (Wildman–Crippen MR) is 110 cm³/mol. The van der Waals surface area contributed by atoms with Crippen LogP contribution in [0.5, 0.6) is 0 Å². The first-order chi connectivity index (χ1) is 13.3. The molecule has 0 fully saturated rings. The lowest BCUT2D eigenvalue weighted by atomic mass is 10.1. The highest BCUT2D eigenvalue weighted by atomic mass is 16.6. The number of ether oxygens (including phenoxy) is 3. The van der Waals surface area contributed by atoms with Gasteiger partial charge in [-0.3, -0.25) is 4.79 Å². The molecule has 2 amide bonds. The number of amides is 2. The Morgan fingerprint density at radius 3 is 2.07 bits per heavy atom. The van der Waals surface area contributed by atoms with Gasteiger partial charge in [-0.1, -0.05) is 0 Å². The molecule has 0 heterocycles. The maximum Gasteiger partial charge on any atom is 0.408 e. The summed E-state index contributed by atoms with van der Waals surface area (Å²) in [5.74, 6) is 1.59. The molecule has 2 N–H and O–H groups in total. The number of unbranched alkanes of at least 4 members (excludes halogenated alkanes) is 1. The fourth-order valence-corrected chi connectivity index (χ4v) is 2.26. The van der Waals surface area contributed by atoms with Crippen LogP contribution in [0.15, 0.2) is 0 Å². The zero-order valence-corrected chi connectivity index (χ0v) is 18.7. The van der Waals surface area contributed by atoms with Crippen molar-refractivity contribution in [2.24, 2.45) is 0 Å². The highest BCUT2D eigenvalue weighted by molar-refractivity contribution is 5.82. The van der Waals surface area contributed by atoms with Gasteiger partial charge in [0.1, 0.15) is 23.3 Å². The number of esters is 1. The van der Waals surface area contributed by atoms with Gasteiger partial charge in [0.05, 0.1) is 0 Å². The molecule has 0 saturated carbocycles. The third-order valence-electron chi connectivity index (χ3n) is 3.48. The summed E-state index contributed by atoms with van der Waals surface area (Å²) in [5.41, 5.74) is -1.35. The lowest BCUT2D eigenvalue weighted by molar-refractivity contribution is -0.157. The summed E-state index contributed by atoms with van der Waals surface area (Å²) in [6.07, 6.45) is 5.57. The second-order valence-corrected chi connectivity index (χ2v) is 8.65. The topological polar surface area (TPSA) is 103 Å². The van der Waals surface area contributed by atoms with Crippen LogP contribution in [-0.2, 0) is 23.8 Å². The van der Waals surface area contributed by atoms with Crippen molar-refractivity contribution in [3.05, 3.63) is 0 Å². The van der Waals surface area contributed by atoms with E-state index in [1.165, 1.54) is 7.11 Å². The standard InChI is InChI=1S/C21H36N2O6/c1-9-12-16(27-8)17(24)22-14-11-10-13-15(18(25)28-20(2,3)4)23-19(26)29-21(5,6)7/h1,15-16H,10-14H2,2-8H3,(H,22,24)(H,23,26)/t15-,16-/m0/s1. The van der Waals surface area contributed by atoms with Crippen LogP contribution in [0.3, 0.4) is 0 Å². The minimum atomic E-state index is -0.840. The summed E-state index contributed by atoms with van der Waals surface area (Å²) in [6.45, 7) is 10.9. The van der Waals surface area contributed by atoms with Gasteiger partial charge in [0, 0.05) is 20.1 Å². The van der Waals surface area contributed by atoms with E-state index in [2.05, 4.69) is 16.6 Å². The Kier molecular flexibility index (Phi) is 11.4. The van der Waals surface area contributed by atoms with Crippen LogP contribution in [0, 0.1) is 12.3 Å². The van der Waals surface area contributed by atoms with Gasteiger partial charge in [0.15, 0.2) is 0 Å². The van der Waals surface area contributed by atoms with Crippen LogP contribution in [-0.4, -0.2) is 55.0 Å². The van der Waals surface area contributed by atoms with E-state index in [0.29, 0.717) is 25.8 Å². The third-order valence-corrected chi connectivity index (χ3v) is 3.48. The van der Waals surface area contributed by atoms with Crippen LogP contribution in [0.1, 0.15) is 67.2 Å². The molecule has 0 aromatic carbocycles. The van der Waals surface area contributed by atoms with Crippen molar-refractivity contribution in [1.29, 1.82) is 0 Å². The van der Waals surface area contributed by atoms with Crippen molar-refractivity contribution in [3.8, 4) is 12.3 Å². The maximum absolute atomic E-state index is 12.4. The Hall–Kier alpha value is -2.27. The van der Waals surface area contributed by atoms with Crippen molar-refractivity contribution in [1.82, 2.24) is 10.6 Å². The molecule has 0 aliphatic rings. The fourth-order valence-electron chi connectivity index (χ4n) is 2.26. The highest BCUT2D eigenvalue weighted by Gasteiger charge is 2.28. The summed E-state index contributed by atoms with van der Waals surface area (Å²) in [5, 5.41) is 5.32. The Morgan fingerprint density at radius 2 is 1.59 bits per heavy atom. The fraction of sp³-hybridized carbons (Fsp3) is 0.762. The van der Waals surface area contributed by atoms with Crippen molar-refractivity contribution in [3.63, 3.8) is 0 Å². The maximum atomic E-state index is 12.4. The quantitative estimate of drug-likeness (QED) is 0.325. The molecule has 0 radical (unpaired) electrons. The molecular formula is C21H36N2O6. The third kappa shape index (κ3) is 13.5. The van der Waals surface area contributed by atoms with Crippen LogP contribution < -0.4 is 10.6 Å². The average Bonchev–Trinajstić information content (AvgIpc) is 2.54. The zero-order chi connectivity index (χ0) is 22.7. The molecule has 0 aliphatic heterocycles. The minimum Gasteiger partial charge on any atom is -0.458 e. The summed E-state index contributed by atoms with van der Waals surface area (Å²) in [6, 6.07) is -0.840. The number of carbonyl (C=O) groups excluding carboxylic acids is 3. The number of terminal acetylenes is 1. The van der Waals surface area contributed by atoms with Gasteiger partial charge < -0.3 is 24.8 Å². The monoisotopic (exact) mass is 412 g/mol. The van der Waals surface area contributed by atoms with E-state index in [1.54, 1.807) is 41.5 Å². The smallest absolute Gasteiger partial charge is 0.408 e. The molecule has 0 aromatic rings. The summed E-state index contributed by atoms with van der Waals surface area (Å²) in [7, 11) is 1.43. The van der Waals surface area contributed by atoms with E-state index >= 15 is 0 Å². The Morgan fingerprint density at radius 1 is 1.00 bits per heavy atom. The number of rotatable bonds is 10. The molecule has 0 aromatic heterocycles. The number of alkyl carbamates (subject to hydrolysis) is 1. The number of carbonyl (C=O) groups is 3. The van der Waals surface area contributed by atoms with E-state index in [9.17, 15) is 14.4 Å². The molecule has 0 aliphatic carbocycles. The van der Waals surface area contributed by atoms with Gasteiger partial charge in [-0.25, -0.2) is 9.59 Å². The largest absolute Gasteiger partial charge is 0.458 e. The van der Waals surface area contributed by atoms with Crippen molar-refractivity contribution in [2.75, 3.05) is 13.7 Å². The van der Waals surface area contributed by atoms with Crippen LogP contribution in [0.2, 0.25) is 0 Å². The highest BCUT2D eigenvalue weighted by Crippen LogP contribution is 2.13. The van der Waals surface area contributed by atoms with Gasteiger partial charge in [0.2, 0.25) is 5.91 Å². The number of nitrogens with one attached hydrogen (secondary N) is 2. The summed E-state index contributed by atoms with van der Waals surface area (Å²) in [4.78, 5) is 36.4. The zero-order valence-electron chi connectivity index (χ0n) is 18.7. The van der Waals surface area contributed by atoms with E-state index in [4.69, 9.17) is 20.6 Å². The average molecular weight is 413 g/mol. The van der Waals surface area contributed by atoms with Crippen LogP contribution in [0.25, 0.3) is 0 Å². The van der Waals surface area contributed by atoms with Gasteiger partial charge in [-0.15, -0.1) is 12.3 Å². The molecular weight excluding hydrogens is 376 g/mol. The second-order valence-electron chi connectivity index (χ2n) is 8.65. The Labute approximate surface area is 174 Å². The molecule has 0 saturated heterocycles. The number of methoxy groups -OCH3 is 1. The lowest BCUT2D eigenvalue weighted by Gasteiger charge is -2.26. The van der Waals surface area contributed by atoms with Gasteiger partial charge in [-0.2, -0.15) is 0 Å². The summed E-state index contributed by atoms with van der Waals surface area (Å²) < 4.78 is 15.6. The lowest BCUT2D eigenvalue weighted by Crippen LogP contribution is -2.46. The predicted octanol–water partition coefficient (Wildman–Crippen LogP) is 2.55. The number of hydrogen-bond donors (Lipinski definition) is 2. The van der Waals surface area contributed by atoms with Gasteiger partial charge in [0.25, 0.3) is 0 Å². The molecule has 2 atom stereocenters. The summed E-state index contributed by atoms with van der Waals surface area (Å²) >= 11 is 0. The molecule has 166 valence electrons. The molecule has 8 heteroatoms. The Balaban J connectivity index is 4.65. The van der Waals surface area contributed by atoms with Crippen molar-refractivity contribution >= 4 is 18.0 Å². The second kappa shape index (κ2) is 12.3. The van der Waals surface area contributed by atoms with Crippen molar-refractivity contribution < 1.29 is 28.6 Å². The number of hydrogen-bond acceptors (Lipinski definition) is 6. The van der Waals surface area contributed by atoms with E-state index in [0.717, 1.165) is 0 Å². The van der Waals surface area contributed by atoms with Crippen LogP contribution >= 0.6 is 0 Å². The van der Waals surface area contributed by atoms with Gasteiger partial charge in [-0.05, 0) is 60.8 Å². The molecule has 0 bridgehead atoms. The van der Waals surface area contributed by atoms with Crippen molar-refractivity contribution in [2.45, 2.75) is 90.6 Å². The molecule has 0 spiro atoms. The normalized spacial score (nSPS) is 13.6. The SMILES string of the molecule is C#CC[C@H](OC)C(=O)NCCCC[C@H](NC(=O)OC(C)(C)C)C(=O)OC(C)(C)C. The van der Waals surface area contributed by atoms with E-state index in [-0.39, 0.29) is 12.3 Å². The first kappa shape index (κ1) is 26.7. The Bertz CT molecular complexity index is 583. The van der Waals surface area contributed by atoms with E-state index < -0.39 is 35.4 Å². The van der Waals surface area contributed by atoms with Crippen LogP contribution in [0.4, 0.5) is 4.79 Å². The molecule has 0 unspecified atom stereocenters. The van der Waals surface area contributed by atoms with Gasteiger partial charge >= 0.3 is 12.1 Å². The molecule has 29 heavy (non-hydrogen) atoms. The first-order valence-corrected chi connectivity index (χ1v) is 9.75.